The summed E-state index contributed by atoms with van der Waals surface area (Å²) in [6.45, 7) is 4.29. The van der Waals surface area contributed by atoms with Gasteiger partial charge in [-0.25, -0.2) is 0 Å². The van der Waals surface area contributed by atoms with E-state index in [-0.39, 0.29) is 11.7 Å². The van der Waals surface area contributed by atoms with E-state index in [0.717, 1.165) is 25.8 Å². The molecule has 1 N–H and O–H groups in total. The van der Waals surface area contributed by atoms with Crippen molar-refractivity contribution in [2.75, 3.05) is 20.1 Å². The molecule has 1 spiro atoms. The molecule has 0 bridgehead atoms. The molecule has 0 radical (unpaired) electrons. The van der Waals surface area contributed by atoms with Crippen molar-refractivity contribution in [2.45, 2.75) is 76.0 Å². The van der Waals surface area contributed by atoms with Gasteiger partial charge in [-0.2, -0.15) is 0 Å². The van der Waals surface area contributed by atoms with Gasteiger partial charge in [0.05, 0.1) is 11.7 Å². The number of carbonyl (C=O) groups is 1. The van der Waals surface area contributed by atoms with E-state index in [1.807, 2.05) is 0 Å². The van der Waals surface area contributed by atoms with Gasteiger partial charge in [-0.05, 0) is 45.7 Å². The van der Waals surface area contributed by atoms with Gasteiger partial charge in [-0.3, -0.25) is 10.1 Å². The summed E-state index contributed by atoms with van der Waals surface area (Å²) < 4.78 is 0. The van der Waals surface area contributed by atoms with Crippen LogP contribution in [0.2, 0.25) is 0 Å². The van der Waals surface area contributed by atoms with Crippen molar-refractivity contribution in [1.29, 1.82) is 0 Å². The number of amides is 1. The molecule has 0 aromatic carbocycles. The van der Waals surface area contributed by atoms with Crippen molar-refractivity contribution in [3.63, 3.8) is 0 Å². The highest BCUT2D eigenvalue weighted by molar-refractivity contribution is 5.89. The Morgan fingerprint density at radius 1 is 1.25 bits per heavy atom. The maximum absolute atomic E-state index is 12.9. The Balaban J connectivity index is 1.72. The lowest BCUT2D eigenvalue weighted by Crippen LogP contribution is -2.49. The van der Waals surface area contributed by atoms with Gasteiger partial charge >= 0.3 is 0 Å². The monoisotopic (exact) mass is 279 g/mol. The summed E-state index contributed by atoms with van der Waals surface area (Å²) >= 11 is 0. The van der Waals surface area contributed by atoms with E-state index >= 15 is 0 Å². The summed E-state index contributed by atoms with van der Waals surface area (Å²) in [7, 11) is 2.21. The first-order valence-electron chi connectivity index (χ1n) is 8.45. The molecular formula is C16H29N3O. The van der Waals surface area contributed by atoms with Crippen LogP contribution in [-0.2, 0) is 4.79 Å². The number of likely N-dealkylation sites (N-methyl/N-ethyl adjacent to an activating group) is 1. The molecule has 0 aromatic rings. The number of nitrogens with one attached hydrogen (secondary N) is 1. The molecule has 2 saturated heterocycles. The van der Waals surface area contributed by atoms with Crippen LogP contribution in [0.15, 0.2) is 0 Å². The van der Waals surface area contributed by atoms with Crippen LogP contribution in [0.25, 0.3) is 0 Å². The highest BCUT2D eigenvalue weighted by Crippen LogP contribution is 2.37. The Labute approximate surface area is 122 Å². The normalized spacial score (nSPS) is 34.3. The van der Waals surface area contributed by atoms with Gasteiger partial charge < -0.3 is 9.80 Å². The average Bonchev–Trinajstić information content (AvgIpc) is 3.02. The van der Waals surface area contributed by atoms with E-state index in [1.54, 1.807) is 0 Å². The zero-order valence-corrected chi connectivity index (χ0v) is 13.0. The first-order chi connectivity index (χ1) is 9.66. The molecule has 2 aliphatic heterocycles. The fourth-order valence-corrected chi connectivity index (χ4v) is 4.35. The van der Waals surface area contributed by atoms with Gasteiger partial charge in [0.25, 0.3) is 0 Å². The number of rotatable bonds is 3. The molecule has 3 fully saturated rings. The number of nitrogens with zero attached hydrogens (tertiary/aromatic N) is 2. The van der Waals surface area contributed by atoms with Crippen molar-refractivity contribution < 1.29 is 4.79 Å². The van der Waals surface area contributed by atoms with Crippen LogP contribution in [0.1, 0.15) is 58.3 Å². The van der Waals surface area contributed by atoms with Crippen LogP contribution in [0.5, 0.6) is 0 Å². The maximum atomic E-state index is 12.9. The Morgan fingerprint density at radius 3 is 2.65 bits per heavy atom. The van der Waals surface area contributed by atoms with Crippen molar-refractivity contribution in [3.8, 4) is 0 Å². The van der Waals surface area contributed by atoms with Gasteiger partial charge in [0.15, 0.2) is 0 Å². The highest BCUT2D eigenvalue weighted by Gasteiger charge is 2.52. The molecule has 2 unspecified atom stereocenters. The molecule has 4 nitrogen and oxygen atoms in total. The molecule has 1 aliphatic carbocycles. The fraction of sp³-hybridized carbons (Fsp3) is 0.938. The predicted molar refractivity (Wildman–Crippen MR) is 80.4 cm³/mol. The summed E-state index contributed by atoms with van der Waals surface area (Å²) in [4.78, 5) is 17.5. The third kappa shape index (κ3) is 2.37. The molecular weight excluding hydrogens is 250 g/mol. The maximum Gasteiger partial charge on any atom is 0.244 e. The second kappa shape index (κ2) is 5.64. The lowest BCUT2D eigenvalue weighted by Gasteiger charge is -2.36. The third-order valence-electron chi connectivity index (χ3n) is 5.66. The second-order valence-corrected chi connectivity index (χ2v) is 6.95. The number of piperidine rings is 1. The molecule has 3 aliphatic rings. The summed E-state index contributed by atoms with van der Waals surface area (Å²) in [6, 6.07) is 0.556. The number of carbonyl (C=O) groups excluding carboxylic acids is 1. The summed E-state index contributed by atoms with van der Waals surface area (Å²) in [5.41, 5.74) is -0.200. The van der Waals surface area contributed by atoms with E-state index in [0.29, 0.717) is 11.9 Å². The Morgan fingerprint density at radius 2 is 2.00 bits per heavy atom. The number of hydrogen-bond donors (Lipinski definition) is 1. The van der Waals surface area contributed by atoms with E-state index in [2.05, 4.69) is 29.1 Å². The Bertz CT molecular complexity index is 365. The molecule has 3 rings (SSSR count). The number of likely N-dealkylation sites (tertiary alicyclic amines) is 1. The first-order valence-corrected chi connectivity index (χ1v) is 8.45. The van der Waals surface area contributed by atoms with Crippen molar-refractivity contribution >= 4 is 5.91 Å². The van der Waals surface area contributed by atoms with Crippen molar-refractivity contribution in [3.05, 3.63) is 0 Å². The fourth-order valence-electron chi connectivity index (χ4n) is 4.35. The van der Waals surface area contributed by atoms with Gasteiger partial charge in [-0.15, -0.1) is 0 Å². The van der Waals surface area contributed by atoms with Crippen LogP contribution < -0.4 is 5.32 Å². The van der Waals surface area contributed by atoms with Crippen molar-refractivity contribution in [1.82, 2.24) is 15.1 Å². The largest absolute Gasteiger partial charge is 0.324 e. The zero-order chi connectivity index (χ0) is 14.2. The van der Waals surface area contributed by atoms with Crippen LogP contribution in [-0.4, -0.2) is 53.6 Å². The van der Waals surface area contributed by atoms with E-state index in [9.17, 15) is 4.79 Å². The minimum Gasteiger partial charge on any atom is -0.324 e. The van der Waals surface area contributed by atoms with Gasteiger partial charge in [0.1, 0.15) is 0 Å². The lowest BCUT2D eigenvalue weighted by molar-refractivity contribution is -0.134. The van der Waals surface area contributed by atoms with Gasteiger partial charge in [-0.1, -0.05) is 26.2 Å². The SMILES string of the molecule is CCC1NC2(CCCC2)C(=O)N1CC1CCCCN1C. The van der Waals surface area contributed by atoms with Crippen molar-refractivity contribution in [2.24, 2.45) is 0 Å². The van der Waals surface area contributed by atoms with Gasteiger partial charge in [0.2, 0.25) is 5.91 Å². The summed E-state index contributed by atoms with van der Waals surface area (Å²) in [5.74, 6) is 0.390. The predicted octanol–water partition coefficient (Wildman–Crippen LogP) is 1.95. The van der Waals surface area contributed by atoms with E-state index in [4.69, 9.17) is 0 Å². The Hall–Kier alpha value is -0.610. The van der Waals surface area contributed by atoms with Crippen LogP contribution in [0, 0.1) is 0 Å². The second-order valence-electron chi connectivity index (χ2n) is 6.95. The lowest BCUT2D eigenvalue weighted by atomic mass is 9.97. The zero-order valence-electron chi connectivity index (χ0n) is 13.0. The minimum absolute atomic E-state index is 0.200. The quantitative estimate of drug-likeness (QED) is 0.858. The minimum atomic E-state index is -0.200. The first kappa shape index (κ1) is 14.3. The van der Waals surface area contributed by atoms with Crippen LogP contribution >= 0.6 is 0 Å². The Kier molecular flexibility index (Phi) is 4.04. The standard InChI is InChI=1S/C16H29N3O/c1-3-14-17-16(9-5-6-10-16)15(20)19(14)12-13-8-4-7-11-18(13)2/h13-14,17H,3-12H2,1-2H3. The summed E-state index contributed by atoms with van der Waals surface area (Å²) in [6.07, 6.45) is 9.62. The molecule has 0 aromatic heterocycles. The average molecular weight is 279 g/mol. The van der Waals surface area contributed by atoms with Gasteiger partial charge in [0, 0.05) is 12.6 Å². The van der Waals surface area contributed by atoms with Crippen LogP contribution in [0.4, 0.5) is 0 Å². The third-order valence-corrected chi connectivity index (χ3v) is 5.66. The smallest absolute Gasteiger partial charge is 0.244 e. The van der Waals surface area contributed by atoms with Crippen LogP contribution in [0.3, 0.4) is 0 Å². The summed E-state index contributed by atoms with van der Waals surface area (Å²) in [5, 5.41) is 3.68. The molecule has 2 atom stereocenters. The molecule has 4 heteroatoms. The highest BCUT2D eigenvalue weighted by atomic mass is 16.2. The molecule has 20 heavy (non-hydrogen) atoms. The molecule has 1 saturated carbocycles. The topological polar surface area (TPSA) is 35.6 Å². The molecule has 114 valence electrons. The molecule has 2 heterocycles. The van der Waals surface area contributed by atoms with E-state index in [1.165, 1.54) is 38.6 Å². The number of hydrogen-bond acceptors (Lipinski definition) is 3. The van der Waals surface area contributed by atoms with E-state index < -0.39 is 0 Å². The molecule has 1 amide bonds.